The van der Waals surface area contributed by atoms with Gasteiger partial charge in [-0.25, -0.2) is 13.2 Å². The van der Waals surface area contributed by atoms with Gasteiger partial charge in [-0.05, 0) is 104 Å². The minimum absolute atomic E-state index is 0.0495. The SMILES string of the molecule is COC(=O)C(C)c1ccc(F)cc1C.Cc1cc(F)ccc1C(C)C(=O)O.Cc1cc(F)ccc1CC(=O)O. The second-order valence-electron chi connectivity index (χ2n) is 8.95. The first-order chi connectivity index (χ1) is 18.2. The van der Waals surface area contributed by atoms with E-state index in [2.05, 4.69) is 4.74 Å². The maximum absolute atomic E-state index is 12.8. The van der Waals surface area contributed by atoms with Gasteiger partial charge in [-0.3, -0.25) is 14.4 Å². The number of carbonyl (C=O) groups is 3. The number of aliphatic carboxylic acids is 2. The van der Waals surface area contributed by atoms with Gasteiger partial charge in [0.25, 0.3) is 0 Å². The summed E-state index contributed by atoms with van der Waals surface area (Å²) in [5, 5.41) is 17.2. The van der Waals surface area contributed by atoms with Crippen molar-refractivity contribution in [2.75, 3.05) is 7.11 Å². The van der Waals surface area contributed by atoms with Gasteiger partial charge in [-0.1, -0.05) is 18.2 Å². The highest BCUT2D eigenvalue weighted by molar-refractivity contribution is 5.78. The third kappa shape index (κ3) is 10.6. The third-order valence-corrected chi connectivity index (χ3v) is 5.97. The Kier molecular flexibility index (Phi) is 12.9. The van der Waals surface area contributed by atoms with Crippen LogP contribution in [0.3, 0.4) is 0 Å². The lowest BCUT2D eigenvalue weighted by Crippen LogP contribution is -2.12. The fraction of sp³-hybridized carbons (Fsp3) is 0.300. The van der Waals surface area contributed by atoms with Gasteiger partial charge in [0.05, 0.1) is 25.4 Å². The first-order valence-corrected chi connectivity index (χ1v) is 12.0. The Labute approximate surface area is 226 Å². The molecule has 0 fully saturated rings. The molecule has 0 aliphatic rings. The zero-order valence-corrected chi connectivity index (χ0v) is 22.7. The number of rotatable bonds is 6. The van der Waals surface area contributed by atoms with Crippen molar-refractivity contribution in [3.05, 3.63) is 105 Å². The van der Waals surface area contributed by atoms with Crippen molar-refractivity contribution in [3.8, 4) is 0 Å². The Morgan fingerprint density at radius 3 is 1.49 bits per heavy atom. The van der Waals surface area contributed by atoms with E-state index in [9.17, 15) is 27.6 Å². The Hall–Kier alpha value is -4.14. The molecular weight excluding hydrogens is 513 g/mol. The molecule has 9 heteroatoms. The van der Waals surface area contributed by atoms with Crippen LogP contribution in [0.15, 0.2) is 54.6 Å². The third-order valence-electron chi connectivity index (χ3n) is 5.97. The number of hydrogen-bond donors (Lipinski definition) is 2. The Balaban J connectivity index is 0.000000293. The average Bonchev–Trinajstić information content (AvgIpc) is 2.85. The van der Waals surface area contributed by atoms with Crippen molar-refractivity contribution in [1.82, 2.24) is 0 Å². The molecule has 0 amide bonds. The lowest BCUT2D eigenvalue weighted by molar-refractivity contribution is -0.142. The number of aryl methyl sites for hydroxylation is 3. The molecule has 2 N–H and O–H groups in total. The van der Waals surface area contributed by atoms with Crippen LogP contribution in [0.5, 0.6) is 0 Å². The molecule has 0 aliphatic heterocycles. The zero-order valence-electron chi connectivity index (χ0n) is 22.7. The summed E-state index contributed by atoms with van der Waals surface area (Å²) < 4.78 is 42.6. The van der Waals surface area contributed by atoms with Gasteiger partial charge in [-0.2, -0.15) is 0 Å². The van der Waals surface area contributed by atoms with Crippen LogP contribution in [0.2, 0.25) is 0 Å². The Bertz CT molecular complexity index is 1310. The normalized spacial score (nSPS) is 11.6. The van der Waals surface area contributed by atoms with E-state index < -0.39 is 17.9 Å². The van der Waals surface area contributed by atoms with Crippen LogP contribution in [0.1, 0.15) is 59.1 Å². The number of carbonyl (C=O) groups excluding carboxylic acids is 1. The molecule has 0 saturated carbocycles. The minimum Gasteiger partial charge on any atom is -0.481 e. The Morgan fingerprint density at radius 1 is 0.718 bits per heavy atom. The molecule has 2 atom stereocenters. The first-order valence-electron chi connectivity index (χ1n) is 12.0. The quantitative estimate of drug-likeness (QED) is 0.343. The van der Waals surface area contributed by atoms with Crippen LogP contribution in [0, 0.1) is 38.2 Å². The largest absolute Gasteiger partial charge is 0.481 e. The average molecular weight is 547 g/mol. The second kappa shape index (κ2) is 15.3. The first kappa shape index (κ1) is 32.9. The van der Waals surface area contributed by atoms with E-state index in [1.807, 2.05) is 0 Å². The molecular formula is C30H33F3O6. The van der Waals surface area contributed by atoms with Gasteiger partial charge in [-0.15, -0.1) is 0 Å². The molecule has 0 spiro atoms. The van der Waals surface area contributed by atoms with Gasteiger partial charge in [0, 0.05) is 0 Å². The lowest BCUT2D eigenvalue weighted by atomic mass is 9.96. The van der Waals surface area contributed by atoms with Crippen LogP contribution in [0.25, 0.3) is 0 Å². The van der Waals surface area contributed by atoms with E-state index in [-0.39, 0.29) is 35.8 Å². The Morgan fingerprint density at radius 2 is 1.13 bits per heavy atom. The highest BCUT2D eigenvalue weighted by Crippen LogP contribution is 2.22. The van der Waals surface area contributed by atoms with Crippen LogP contribution in [-0.2, 0) is 25.5 Å². The van der Waals surface area contributed by atoms with Crippen molar-refractivity contribution in [2.45, 2.75) is 52.9 Å². The topological polar surface area (TPSA) is 101 Å². The van der Waals surface area contributed by atoms with Gasteiger partial charge in [0.2, 0.25) is 0 Å². The number of esters is 1. The highest BCUT2D eigenvalue weighted by atomic mass is 19.1. The molecule has 0 radical (unpaired) electrons. The lowest BCUT2D eigenvalue weighted by Gasteiger charge is -2.12. The van der Waals surface area contributed by atoms with E-state index >= 15 is 0 Å². The molecule has 3 aromatic rings. The molecule has 0 heterocycles. The van der Waals surface area contributed by atoms with Crippen molar-refractivity contribution in [2.24, 2.45) is 0 Å². The summed E-state index contributed by atoms with van der Waals surface area (Å²) in [6.45, 7) is 8.51. The van der Waals surface area contributed by atoms with Crippen molar-refractivity contribution in [1.29, 1.82) is 0 Å². The summed E-state index contributed by atoms with van der Waals surface area (Å²) in [4.78, 5) is 32.2. The number of hydrogen-bond acceptors (Lipinski definition) is 4. The molecule has 3 aromatic carbocycles. The molecule has 0 bridgehead atoms. The van der Waals surface area contributed by atoms with Crippen molar-refractivity contribution < 1.29 is 42.5 Å². The summed E-state index contributed by atoms with van der Waals surface area (Å²) in [5.41, 5.74) is 4.24. The van der Waals surface area contributed by atoms with Crippen LogP contribution in [-0.4, -0.2) is 35.2 Å². The standard InChI is InChI=1S/C11H13FO2.C10H11FO2.C9H9FO2/c1-7-6-9(12)4-5-10(7)8(2)11(13)14-3;1-6-5-8(11)3-4-9(6)7(2)10(12)13;1-6-4-8(10)3-2-7(6)5-9(11)12/h4-6,8H,1-3H3;3-5,7H,1-2H3,(H,12,13);2-4H,5H2,1H3,(H,11,12). The number of halogens is 3. The minimum atomic E-state index is -0.898. The summed E-state index contributed by atoms with van der Waals surface area (Å²) in [6, 6.07) is 12.6. The second-order valence-corrected chi connectivity index (χ2v) is 8.95. The molecule has 0 aliphatic carbocycles. The monoisotopic (exact) mass is 546 g/mol. The number of methoxy groups -OCH3 is 1. The van der Waals surface area contributed by atoms with E-state index in [1.165, 1.54) is 55.6 Å². The highest BCUT2D eigenvalue weighted by Gasteiger charge is 2.17. The van der Waals surface area contributed by atoms with Gasteiger partial charge in [0.15, 0.2) is 0 Å². The fourth-order valence-corrected chi connectivity index (χ4v) is 3.71. The van der Waals surface area contributed by atoms with E-state index in [0.29, 0.717) is 22.3 Å². The van der Waals surface area contributed by atoms with Crippen molar-refractivity contribution in [3.63, 3.8) is 0 Å². The van der Waals surface area contributed by atoms with Crippen LogP contribution in [0.4, 0.5) is 13.2 Å². The molecule has 0 aromatic heterocycles. The van der Waals surface area contributed by atoms with E-state index in [1.54, 1.807) is 40.7 Å². The maximum Gasteiger partial charge on any atom is 0.312 e. The number of ether oxygens (including phenoxy) is 1. The van der Waals surface area contributed by atoms with Crippen LogP contribution >= 0.6 is 0 Å². The molecule has 6 nitrogen and oxygen atoms in total. The summed E-state index contributed by atoms with van der Waals surface area (Å²) in [6.07, 6.45) is -0.0495. The van der Waals surface area contributed by atoms with E-state index in [4.69, 9.17) is 10.2 Å². The van der Waals surface area contributed by atoms with Gasteiger partial charge < -0.3 is 14.9 Å². The van der Waals surface area contributed by atoms with Crippen molar-refractivity contribution >= 4 is 17.9 Å². The summed E-state index contributed by atoms with van der Waals surface area (Å²) in [7, 11) is 1.34. The molecule has 3 rings (SSSR count). The van der Waals surface area contributed by atoms with E-state index in [0.717, 1.165) is 11.1 Å². The fourth-order valence-electron chi connectivity index (χ4n) is 3.71. The number of carboxylic acids is 2. The van der Waals surface area contributed by atoms with Gasteiger partial charge >= 0.3 is 17.9 Å². The van der Waals surface area contributed by atoms with Gasteiger partial charge in [0.1, 0.15) is 17.5 Å². The molecule has 2 unspecified atom stereocenters. The zero-order chi connectivity index (χ0) is 29.9. The van der Waals surface area contributed by atoms with Crippen LogP contribution < -0.4 is 0 Å². The maximum atomic E-state index is 12.8. The summed E-state index contributed by atoms with van der Waals surface area (Å²) >= 11 is 0. The summed E-state index contributed by atoms with van der Waals surface area (Å²) in [5.74, 6) is -3.98. The molecule has 39 heavy (non-hydrogen) atoms. The smallest absolute Gasteiger partial charge is 0.312 e. The predicted molar refractivity (Wildman–Crippen MR) is 141 cm³/mol. The molecule has 0 saturated heterocycles. The number of benzene rings is 3. The predicted octanol–water partition coefficient (Wildman–Crippen LogP) is 6.49. The molecule has 210 valence electrons. The number of carboxylic acid groups (broad SMARTS) is 2.